The van der Waals surface area contributed by atoms with Gasteiger partial charge < -0.3 is 18.9 Å². The van der Waals surface area contributed by atoms with Crippen LogP contribution in [0.5, 0.6) is 0 Å². The van der Waals surface area contributed by atoms with Gasteiger partial charge in [-0.3, -0.25) is 14.9 Å². The van der Waals surface area contributed by atoms with Gasteiger partial charge in [0.25, 0.3) is 5.69 Å². The molecule has 1 aliphatic rings. The third kappa shape index (κ3) is 5.60. The Labute approximate surface area is 193 Å². The minimum Gasteiger partial charge on any atom is -0.454 e. The molecule has 1 saturated heterocycles. The summed E-state index contributed by atoms with van der Waals surface area (Å²) in [6.07, 6.45) is 2.06. The van der Waals surface area contributed by atoms with Crippen molar-refractivity contribution in [3.8, 4) is 0 Å². The Morgan fingerprint density at radius 3 is 2.67 bits per heavy atom. The van der Waals surface area contributed by atoms with Crippen LogP contribution in [0.25, 0.3) is 0 Å². The minimum absolute atomic E-state index is 0.0499. The van der Waals surface area contributed by atoms with E-state index in [0.717, 1.165) is 37.3 Å². The predicted octanol–water partition coefficient (Wildman–Crippen LogP) is 3.94. The number of nitro benzene ring substituents is 1. The van der Waals surface area contributed by atoms with Crippen LogP contribution in [0.2, 0.25) is 0 Å². The molecule has 0 aliphatic carbocycles. The Bertz CT molecular complexity index is 1050. The molecule has 0 bridgehead atoms. The first kappa shape index (κ1) is 24.4. The Kier molecular flexibility index (Phi) is 7.86. The lowest BCUT2D eigenvalue weighted by atomic mass is 9.99. The van der Waals surface area contributed by atoms with E-state index in [1.165, 1.54) is 12.1 Å². The predicted molar refractivity (Wildman–Crippen MR) is 124 cm³/mol. The first-order valence-corrected chi connectivity index (χ1v) is 11.1. The molecule has 1 fully saturated rings. The summed E-state index contributed by atoms with van der Waals surface area (Å²) in [5.74, 6) is -0.641. The fraction of sp³-hybridized carbons (Fsp3) is 0.500. The monoisotopic (exact) mass is 457 g/mol. The number of hydrogen-bond acceptors (Lipinski definition) is 7. The molecule has 3 rings (SSSR count). The molecule has 1 aromatic carbocycles. The van der Waals surface area contributed by atoms with E-state index < -0.39 is 17.5 Å². The molecule has 0 amide bonds. The molecular formula is C24H31N3O6. The van der Waals surface area contributed by atoms with E-state index >= 15 is 0 Å². The number of rotatable bonds is 9. The zero-order valence-electron chi connectivity index (χ0n) is 19.6. The van der Waals surface area contributed by atoms with Crippen LogP contribution in [0.3, 0.4) is 0 Å². The number of anilines is 1. The van der Waals surface area contributed by atoms with Crippen LogP contribution < -0.4 is 4.90 Å². The Morgan fingerprint density at radius 1 is 1.24 bits per heavy atom. The van der Waals surface area contributed by atoms with E-state index in [1.54, 1.807) is 19.2 Å². The van der Waals surface area contributed by atoms with Crippen LogP contribution in [0, 0.1) is 29.9 Å². The molecule has 9 heteroatoms. The lowest BCUT2D eigenvalue weighted by Crippen LogP contribution is -2.34. The highest BCUT2D eigenvalue weighted by Crippen LogP contribution is 2.32. The average molecular weight is 458 g/mol. The van der Waals surface area contributed by atoms with Crippen molar-refractivity contribution in [3.05, 3.63) is 56.9 Å². The normalized spacial score (nSPS) is 16.0. The first-order valence-electron chi connectivity index (χ1n) is 11.1. The molecule has 0 spiro atoms. The number of hydrogen-bond donors (Lipinski definition) is 0. The van der Waals surface area contributed by atoms with Gasteiger partial charge in [0.15, 0.2) is 6.61 Å². The molecule has 1 atom stereocenters. The van der Waals surface area contributed by atoms with Crippen LogP contribution in [-0.2, 0) is 16.0 Å². The molecule has 0 unspecified atom stereocenters. The van der Waals surface area contributed by atoms with Crippen molar-refractivity contribution in [1.82, 2.24) is 4.57 Å². The van der Waals surface area contributed by atoms with Gasteiger partial charge >= 0.3 is 5.97 Å². The minimum atomic E-state index is -0.766. The number of aryl methyl sites for hydroxylation is 1. The Balaban J connectivity index is 1.71. The summed E-state index contributed by atoms with van der Waals surface area (Å²) in [6, 6.07) is 6.11. The van der Waals surface area contributed by atoms with E-state index in [-0.39, 0.29) is 17.0 Å². The number of ether oxygens (including phenoxy) is 2. The summed E-state index contributed by atoms with van der Waals surface area (Å²) in [6.45, 7) is 8.03. The highest BCUT2D eigenvalue weighted by atomic mass is 16.6. The summed E-state index contributed by atoms with van der Waals surface area (Å²) >= 11 is 0. The van der Waals surface area contributed by atoms with Crippen LogP contribution in [0.1, 0.15) is 51.9 Å². The second-order valence-corrected chi connectivity index (χ2v) is 8.58. The zero-order valence-corrected chi connectivity index (χ0v) is 19.6. The molecular weight excluding hydrogens is 426 g/mol. The number of ketones is 1. The summed E-state index contributed by atoms with van der Waals surface area (Å²) in [5.41, 5.74) is 2.60. The number of nitrogens with zero attached hydrogens (tertiary/aromatic N) is 3. The van der Waals surface area contributed by atoms with Gasteiger partial charge in [-0.25, -0.2) is 4.79 Å². The number of Topliss-reactive ketones (excluding diaryl/α,β-unsaturated/α-hetero) is 1. The highest BCUT2D eigenvalue weighted by molar-refractivity contribution is 6.00. The van der Waals surface area contributed by atoms with Crippen LogP contribution in [-0.4, -0.2) is 54.7 Å². The molecule has 0 radical (unpaired) electrons. The molecule has 1 aliphatic heterocycles. The lowest BCUT2D eigenvalue weighted by Gasteiger charge is -2.32. The number of aromatic nitrogens is 1. The second kappa shape index (κ2) is 10.6. The summed E-state index contributed by atoms with van der Waals surface area (Å²) in [5, 5.41) is 11.7. The standard InChI is InChI=1S/C24H31N3O6/c1-16-6-5-9-25(14-16)21-8-7-19(13-22(21)27(30)31)24(29)33-15-23(28)20-12-17(2)26(18(20)3)10-11-32-4/h7-8,12-13,16H,5-6,9-11,14-15H2,1-4H3/t16-/m0/s1. The topological polar surface area (TPSA) is 104 Å². The van der Waals surface area contributed by atoms with E-state index in [2.05, 4.69) is 6.92 Å². The highest BCUT2D eigenvalue weighted by Gasteiger charge is 2.26. The van der Waals surface area contributed by atoms with Gasteiger partial charge in [0.1, 0.15) is 5.69 Å². The Hall–Kier alpha value is -3.20. The van der Waals surface area contributed by atoms with Gasteiger partial charge in [-0.15, -0.1) is 0 Å². The molecule has 0 saturated carbocycles. The average Bonchev–Trinajstić information content (AvgIpc) is 3.08. The van der Waals surface area contributed by atoms with E-state index in [0.29, 0.717) is 30.3 Å². The third-order valence-electron chi connectivity index (χ3n) is 6.13. The maximum Gasteiger partial charge on any atom is 0.338 e. The number of piperidine rings is 1. The van der Waals surface area contributed by atoms with Gasteiger partial charge in [-0.1, -0.05) is 6.92 Å². The van der Waals surface area contributed by atoms with Crippen molar-refractivity contribution in [3.63, 3.8) is 0 Å². The molecule has 1 aromatic heterocycles. The third-order valence-corrected chi connectivity index (χ3v) is 6.13. The second-order valence-electron chi connectivity index (χ2n) is 8.58. The first-order chi connectivity index (χ1) is 15.7. The number of nitro groups is 1. The number of benzene rings is 1. The van der Waals surface area contributed by atoms with Crippen molar-refractivity contribution >= 4 is 23.1 Å². The van der Waals surface area contributed by atoms with E-state index in [1.807, 2.05) is 23.3 Å². The van der Waals surface area contributed by atoms with Crippen molar-refractivity contribution in [2.75, 3.05) is 38.3 Å². The molecule has 9 nitrogen and oxygen atoms in total. The van der Waals surface area contributed by atoms with Crippen LogP contribution in [0.15, 0.2) is 24.3 Å². The smallest absolute Gasteiger partial charge is 0.338 e. The maximum atomic E-state index is 12.7. The number of carbonyl (C=O) groups is 2. The number of carbonyl (C=O) groups excluding carboxylic acids is 2. The number of esters is 1. The molecule has 2 aromatic rings. The summed E-state index contributed by atoms with van der Waals surface area (Å²) in [4.78, 5) is 38.4. The van der Waals surface area contributed by atoms with Gasteiger partial charge in [0.2, 0.25) is 5.78 Å². The fourth-order valence-corrected chi connectivity index (χ4v) is 4.37. The number of methoxy groups -OCH3 is 1. The largest absolute Gasteiger partial charge is 0.454 e. The molecule has 2 heterocycles. The van der Waals surface area contributed by atoms with Crippen molar-refractivity contribution in [1.29, 1.82) is 0 Å². The van der Waals surface area contributed by atoms with Crippen LogP contribution in [0.4, 0.5) is 11.4 Å². The Morgan fingerprint density at radius 2 is 2.00 bits per heavy atom. The van der Waals surface area contributed by atoms with Gasteiger partial charge in [0, 0.05) is 49.8 Å². The van der Waals surface area contributed by atoms with Gasteiger partial charge in [0.05, 0.1) is 17.1 Å². The van der Waals surface area contributed by atoms with E-state index in [9.17, 15) is 19.7 Å². The fourth-order valence-electron chi connectivity index (χ4n) is 4.37. The van der Waals surface area contributed by atoms with Crippen molar-refractivity contribution < 1.29 is 24.0 Å². The maximum absolute atomic E-state index is 12.7. The molecule has 0 N–H and O–H groups in total. The lowest BCUT2D eigenvalue weighted by molar-refractivity contribution is -0.384. The van der Waals surface area contributed by atoms with Crippen molar-refractivity contribution in [2.45, 2.75) is 40.2 Å². The molecule has 33 heavy (non-hydrogen) atoms. The summed E-state index contributed by atoms with van der Waals surface area (Å²) in [7, 11) is 1.61. The SMILES string of the molecule is COCCn1c(C)cc(C(=O)COC(=O)c2ccc(N3CCC[C@H](C)C3)c([N+](=O)[O-])c2)c1C. The zero-order chi connectivity index (χ0) is 24.1. The van der Waals surface area contributed by atoms with Gasteiger partial charge in [-0.2, -0.15) is 0 Å². The van der Waals surface area contributed by atoms with Crippen molar-refractivity contribution in [2.24, 2.45) is 5.92 Å². The quantitative estimate of drug-likeness (QED) is 0.243. The molecule has 178 valence electrons. The van der Waals surface area contributed by atoms with Gasteiger partial charge in [-0.05, 0) is 50.8 Å². The van der Waals surface area contributed by atoms with E-state index in [4.69, 9.17) is 9.47 Å². The summed E-state index contributed by atoms with van der Waals surface area (Å²) < 4.78 is 12.3. The van der Waals surface area contributed by atoms with Crippen LogP contribution >= 0.6 is 0 Å².